The maximum atomic E-state index is 10.9. The van der Waals surface area contributed by atoms with Crippen molar-refractivity contribution >= 4 is 11.4 Å². The predicted octanol–water partition coefficient (Wildman–Crippen LogP) is 2.72. The molecule has 0 fully saturated rings. The molecule has 0 saturated heterocycles. The van der Waals surface area contributed by atoms with Crippen molar-refractivity contribution in [2.24, 2.45) is 5.92 Å². The normalized spacial score (nSPS) is 12.5. The molecule has 18 heavy (non-hydrogen) atoms. The number of aryl methyl sites for hydroxylation is 1. The van der Waals surface area contributed by atoms with E-state index in [1.807, 2.05) is 26.8 Å². The average molecular weight is 252 g/mol. The van der Waals surface area contributed by atoms with Crippen molar-refractivity contribution in [1.82, 2.24) is 0 Å². The molecule has 0 radical (unpaired) electrons. The summed E-state index contributed by atoms with van der Waals surface area (Å²) in [6, 6.07) is 5.07. The fourth-order valence-corrected chi connectivity index (χ4v) is 1.63. The summed E-state index contributed by atoms with van der Waals surface area (Å²) >= 11 is 0. The summed E-state index contributed by atoms with van der Waals surface area (Å²) < 4.78 is 0. The standard InChI is InChI=1S/C13H20N2O3/c1-9(2)13(16)6-7-14-11-5-4-10(3)8-12(11)15(17)18/h4-5,8-9,13-14,16H,6-7H2,1-3H3. The van der Waals surface area contributed by atoms with E-state index in [-0.39, 0.29) is 17.7 Å². The van der Waals surface area contributed by atoms with Crippen molar-refractivity contribution in [3.05, 3.63) is 33.9 Å². The minimum atomic E-state index is -0.395. The first kappa shape index (κ1) is 14.4. The monoisotopic (exact) mass is 252 g/mol. The molecular weight excluding hydrogens is 232 g/mol. The van der Waals surface area contributed by atoms with Gasteiger partial charge in [-0.2, -0.15) is 0 Å². The summed E-state index contributed by atoms with van der Waals surface area (Å²) in [6.45, 7) is 6.22. The van der Waals surface area contributed by atoms with Gasteiger partial charge in [-0.05, 0) is 30.9 Å². The van der Waals surface area contributed by atoms with Crippen molar-refractivity contribution < 1.29 is 10.0 Å². The Hall–Kier alpha value is -1.62. The number of anilines is 1. The molecule has 1 unspecified atom stereocenters. The predicted molar refractivity (Wildman–Crippen MR) is 71.8 cm³/mol. The molecule has 5 nitrogen and oxygen atoms in total. The van der Waals surface area contributed by atoms with E-state index < -0.39 is 4.92 Å². The molecule has 0 bridgehead atoms. The van der Waals surface area contributed by atoms with Crippen LogP contribution in [0.3, 0.4) is 0 Å². The lowest BCUT2D eigenvalue weighted by Gasteiger charge is -2.15. The van der Waals surface area contributed by atoms with Crippen LogP contribution in [0.4, 0.5) is 11.4 Å². The summed E-state index contributed by atoms with van der Waals surface area (Å²) in [5, 5.41) is 23.6. The van der Waals surface area contributed by atoms with Crippen molar-refractivity contribution in [3.63, 3.8) is 0 Å². The topological polar surface area (TPSA) is 75.4 Å². The number of nitro groups is 1. The SMILES string of the molecule is Cc1ccc(NCCC(O)C(C)C)c([N+](=O)[O-])c1. The number of aliphatic hydroxyl groups is 1. The van der Waals surface area contributed by atoms with Crippen LogP contribution in [0.5, 0.6) is 0 Å². The Bertz CT molecular complexity index is 419. The van der Waals surface area contributed by atoms with Gasteiger partial charge in [0.15, 0.2) is 0 Å². The third kappa shape index (κ3) is 4.00. The maximum absolute atomic E-state index is 10.9. The summed E-state index contributed by atoms with van der Waals surface area (Å²) in [6.07, 6.45) is 0.185. The summed E-state index contributed by atoms with van der Waals surface area (Å²) in [5.41, 5.74) is 1.44. The van der Waals surface area contributed by atoms with Gasteiger partial charge in [0.2, 0.25) is 0 Å². The smallest absolute Gasteiger partial charge is 0.292 e. The van der Waals surface area contributed by atoms with Gasteiger partial charge in [-0.3, -0.25) is 10.1 Å². The van der Waals surface area contributed by atoms with Crippen LogP contribution in [0, 0.1) is 23.0 Å². The molecule has 0 amide bonds. The molecule has 0 saturated carbocycles. The lowest BCUT2D eigenvalue weighted by atomic mass is 10.0. The average Bonchev–Trinajstić information content (AvgIpc) is 2.30. The number of hydrogen-bond donors (Lipinski definition) is 2. The molecule has 1 atom stereocenters. The van der Waals surface area contributed by atoms with Gasteiger partial charge in [0, 0.05) is 12.6 Å². The minimum Gasteiger partial charge on any atom is -0.393 e. The van der Waals surface area contributed by atoms with Gasteiger partial charge in [-0.25, -0.2) is 0 Å². The van der Waals surface area contributed by atoms with Gasteiger partial charge >= 0.3 is 0 Å². The number of hydrogen-bond acceptors (Lipinski definition) is 4. The molecule has 100 valence electrons. The zero-order chi connectivity index (χ0) is 13.7. The molecular formula is C13H20N2O3. The lowest BCUT2D eigenvalue weighted by molar-refractivity contribution is -0.384. The Labute approximate surface area is 107 Å². The first-order chi connectivity index (χ1) is 8.41. The molecule has 0 heterocycles. The quantitative estimate of drug-likeness (QED) is 0.603. The van der Waals surface area contributed by atoms with Gasteiger partial charge < -0.3 is 10.4 Å². The van der Waals surface area contributed by atoms with Crippen molar-refractivity contribution in [2.45, 2.75) is 33.3 Å². The first-order valence-electron chi connectivity index (χ1n) is 6.08. The zero-order valence-corrected chi connectivity index (χ0v) is 11.0. The number of nitrogens with one attached hydrogen (secondary N) is 1. The third-order valence-corrected chi connectivity index (χ3v) is 2.88. The Morgan fingerprint density at radius 2 is 2.11 bits per heavy atom. The maximum Gasteiger partial charge on any atom is 0.292 e. The molecule has 0 aliphatic rings. The highest BCUT2D eigenvalue weighted by Gasteiger charge is 2.14. The molecule has 5 heteroatoms. The van der Waals surface area contributed by atoms with E-state index in [1.165, 1.54) is 0 Å². The molecule has 1 rings (SSSR count). The molecule has 1 aromatic rings. The van der Waals surface area contributed by atoms with Crippen LogP contribution >= 0.6 is 0 Å². The van der Waals surface area contributed by atoms with E-state index in [0.717, 1.165) is 5.56 Å². The van der Waals surface area contributed by atoms with Gasteiger partial charge in [0.1, 0.15) is 5.69 Å². The van der Waals surface area contributed by atoms with Crippen molar-refractivity contribution in [1.29, 1.82) is 0 Å². The molecule has 0 aliphatic heterocycles. The van der Waals surface area contributed by atoms with Crippen molar-refractivity contribution in [2.75, 3.05) is 11.9 Å². The van der Waals surface area contributed by atoms with Crippen molar-refractivity contribution in [3.8, 4) is 0 Å². The number of aliphatic hydroxyl groups excluding tert-OH is 1. The highest BCUT2D eigenvalue weighted by molar-refractivity contribution is 5.62. The number of nitro benzene ring substituents is 1. The van der Waals surface area contributed by atoms with E-state index in [1.54, 1.807) is 12.1 Å². The Kier molecular flexibility index (Phi) is 5.09. The first-order valence-corrected chi connectivity index (χ1v) is 6.08. The van der Waals surface area contributed by atoms with Crippen LogP contribution in [0.2, 0.25) is 0 Å². The van der Waals surface area contributed by atoms with Crippen LogP contribution in [0.1, 0.15) is 25.8 Å². The van der Waals surface area contributed by atoms with E-state index in [2.05, 4.69) is 5.32 Å². The van der Waals surface area contributed by atoms with Gasteiger partial charge in [-0.1, -0.05) is 19.9 Å². The van der Waals surface area contributed by atoms with E-state index in [0.29, 0.717) is 18.7 Å². The Morgan fingerprint density at radius 1 is 1.44 bits per heavy atom. The van der Waals surface area contributed by atoms with Gasteiger partial charge in [-0.15, -0.1) is 0 Å². The largest absolute Gasteiger partial charge is 0.393 e. The molecule has 0 aromatic heterocycles. The van der Waals surface area contributed by atoms with Gasteiger partial charge in [0.05, 0.1) is 11.0 Å². The van der Waals surface area contributed by atoms with E-state index in [4.69, 9.17) is 0 Å². The highest BCUT2D eigenvalue weighted by Crippen LogP contribution is 2.25. The second kappa shape index (κ2) is 6.35. The minimum absolute atomic E-state index is 0.0778. The van der Waals surface area contributed by atoms with Crippen LogP contribution in [-0.2, 0) is 0 Å². The van der Waals surface area contributed by atoms with Gasteiger partial charge in [0.25, 0.3) is 5.69 Å². The summed E-state index contributed by atoms with van der Waals surface area (Å²) in [5.74, 6) is 0.194. The van der Waals surface area contributed by atoms with Crippen LogP contribution < -0.4 is 5.32 Å². The molecule has 2 N–H and O–H groups in total. The second-order valence-electron chi connectivity index (χ2n) is 4.80. The second-order valence-corrected chi connectivity index (χ2v) is 4.80. The zero-order valence-electron chi connectivity index (χ0n) is 11.0. The van der Waals surface area contributed by atoms with Crippen LogP contribution in [-0.4, -0.2) is 22.7 Å². The summed E-state index contributed by atoms with van der Waals surface area (Å²) in [4.78, 5) is 10.5. The number of nitrogens with zero attached hydrogens (tertiary/aromatic N) is 1. The van der Waals surface area contributed by atoms with E-state index >= 15 is 0 Å². The number of benzene rings is 1. The molecule has 1 aromatic carbocycles. The van der Waals surface area contributed by atoms with Crippen LogP contribution in [0.15, 0.2) is 18.2 Å². The molecule has 0 spiro atoms. The fraction of sp³-hybridized carbons (Fsp3) is 0.538. The molecule has 0 aliphatic carbocycles. The fourth-order valence-electron chi connectivity index (χ4n) is 1.63. The Morgan fingerprint density at radius 3 is 2.67 bits per heavy atom. The third-order valence-electron chi connectivity index (χ3n) is 2.88. The van der Waals surface area contributed by atoms with E-state index in [9.17, 15) is 15.2 Å². The highest BCUT2D eigenvalue weighted by atomic mass is 16.6. The van der Waals surface area contributed by atoms with Crippen LogP contribution in [0.25, 0.3) is 0 Å². The summed E-state index contributed by atoms with van der Waals surface area (Å²) in [7, 11) is 0. The Balaban J connectivity index is 2.65. The number of rotatable bonds is 6. The lowest BCUT2D eigenvalue weighted by Crippen LogP contribution is -2.19.